The van der Waals surface area contributed by atoms with E-state index in [1.807, 2.05) is 6.07 Å². The van der Waals surface area contributed by atoms with Crippen molar-refractivity contribution < 1.29 is 5.11 Å². The van der Waals surface area contributed by atoms with Crippen LogP contribution in [-0.4, -0.2) is 16.2 Å². The minimum atomic E-state index is -0.323. The summed E-state index contributed by atoms with van der Waals surface area (Å²) in [4.78, 5) is 4.11. The van der Waals surface area contributed by atoms with Crippen LogP contribution in [0.2, 0.25) is 0 Å². The van der Waals surface area contributed by atoms with E-state index in [2.05, 4.69) is 52.1 Å². The van der Waals surface area contributed by atoms with E-state index in [1.54, 1.807) is 12.4 Å². The van der Waals surface area contributed by atoms with E-state index >= 15 is 0 Å². The summed E-state index contributed by atoms with van der Waals surface area (Å²) in [6, 6.07) is 10.4. The van der Waals surface area contributed by atoms with Crippen molar-refractivity contribution in [2.45, 2.75) is 32.3 Å². The Kier molecular flexibility index (Phi) is 5.11. The molecule has 0 saturated carbocycles. The van der Waals surface area contributed by atoms with Crippen LogP contribution in [0.25, 0.3) is 0 Å². The molecule has 0 aliphatic heterocycles. The van der Waals surface area contributed by atoms with E-state index in [0.717, 1.165) is 22.9 Å². The monoisotopic (exact) mass is 319 g/mol. The summed E-state index contributed by atoms with van der Waals surface area (Å²) in [5.74, 6) is 0. The molecule has 0 radical (unpaired) electrons. The molecule has 0 aliphatic carbocycles. The molecule has 0 saturated heterocycles. The highest BCUT2D eigenvalue weighted by atomic mass is 79.9. The molecule has 0 spiro atoms. The van der Waals surface area contributed by atoms with Crippen LogP contribution in [0, 0.1) is 6.92 Å². The molecular weight excluding hydrogens is 302 g/mol. The van der Waals surface area contributed by atoms with E-state index < -0.39 is 0 Å². The summed E-state index contributed by atoms with van der Waals surface area (Å²) in [7, 11) is 0. The highest BCUT2D eigenvalue weighted by molar-refractivity contribution is 9.10. The fourth-order valence-corrected chi connectivity index (χ4v) is 2.55. The Morgan fingerprint density at radius 2 is 2.05 bits per heavy atom. The second kappa shape index (κ2) is 6.83. The minimum absolute atomic E-state index is 0.323. The Labute approximate surface area is 122 Å². The summed E-state index contributed by atoms with van der Waals surface area (Å²) in [6.07, 6.45) is 5.57. The molecule has 3 heteroatoms. The second-order valence-electron chi connectivity index (χ2n) is 4.90. The minimum Gasteiger partial charge on any atom is -0.393 e. The van der Waals surface area contributed by atoms with Crippen molar-refractivity contribution >= 4 is 15.9 Å². The van der Waals surface area contributed by atoms with Gasteiger partial charge < -0.3 is 5.11 Å². The van der Waals surface area contributed by atoms with E-state index in [9.17, 15) is 5.11 Å². The zero-order chi connectivity index (χ0) is 13.7. The van der Waals surface area contributed by atoms with Crippen LogP contribution in [0.5, 0.6) is 0 Å². The summed E-state index contributed by atoms with van der Waals surface area (Å²) < 4.78 is 0.955. The van der Waals surface area contributed by atoms with Gasteiger partial charge in [0.25, 0.3) is 0 Å². The van der Waals surface area contributed by atoms with Gasteiger partial charge in [0, 0.05) is 16.9 Å². The molecule has 100 valence electrons. The van der Waals surface area contributed by atoms with E-state index in [0.29, 0.717) is 6.42 Å². The van der Waals surface area contributed by atoms with Gasteiger partial charge in [0.2, 0.25) is 0 Å². The number of benzene rings is 1. The lowest BCUT2D eigenvalue weighted by Crippen LogP contribution is -2.11. The quantitative estimate of drug-likeness (QED) is 0.911. The molecule has 0 bridgehead atoms. The summed E-state index contributed by atoms with van der Waals surface area (Å²) in [5.41, 5.74) is 3.61. The SMILES string of the molecule is Cc1cccc(CCC(O)Cc2cncc(Br)c2)c1. The lowest BCUT2D eigenvalue weighted by Gasteiger charge is -2.11. The number of aromatic nitrogens is 1. The average molecular weight is 320 g/mol. The van der Waals surface area contributed by atoms with Crippen molar-refractivity contribution in [2.24, 2.45) is 0 Å². The van der Waals surface area contributed by atoms with E-state index in [1.165, 1.54) is 11.1 Å². The number of pyridine rings is 1. The number of hydrogen-bond donors (Lipinski definition) is 1. The van der Waals surface area contributed by atoms with Gasteiger partial charge in [-0.1, -0.05) is 29.8 Å². The average Bonchev–Trinajstić information content (AvgIpc) is 2.36. The highest BCUT2D eigenvalue weighted by Crippen LogP contribution is 2.14. The first-order valence-corrected chi connectivity index (χ1v) is 7.26. The molecule has 0 fully saturated rings. The van der Waals surface area contributed by atoms with Gasteiger partial charge >= 0.3 is 0 Å². The van der Waals surface area contributed by atoms with Crippen LogP contribution in [0.3, 0.4) is 0 Å². The molecule has 1 aromatic heterocycles. The molecule has 19 heavy (non-hydrogen) atoms. The molecule has 1 N–H and O–H groups in total. The van der Waals surface area contributed by atoms with Crippen LogP contribution in [0.15, 0.2) is 47.2 Å². The van der Waals surface area contributed by atoms with Gasteiger partial charge in [0.05, 0.1) is 6.10 Å². The largest absolute Gasteiger partial charge is 0.393 e. The molecule has 0 aliphatic rings. The molecule has 2 aromatic rings. The topological polar surface area (TPSA) is 33.1 Å². The third kappa shape index (κ3) is 4.77. The standard InChI is InChI=1S/C16H18BrNO/c1-12-3-2-4-13(7-12)5-6-16(19)9-14-8-15(17)11-18-10-14/h2-4,7-8,10-11,16,19H,5-6,9H2,1H3. The smallest absolute Gasteiger partial charge is 0.0584 e. The Morgan fingerprint density at radius 3 is 2.79 bits per heavy atom. The van der Waals surface area contributed by atoms with Crippen molar-refractivity contribution in [2.75, 3.05) is 0 Å². The van der Waals surface area contributed by atoms with Gasteiger partial charge in [-0.2, -0.15) is 0 Å². The third-order valence-corrected chi connectivity index (χ3v) is 3.52. The molecule has 1 atom stereocenters. The number of aliphatic hydroxyl groups is 1. The van der Waals surface area contributed by atoms with Crippen molar-refractivity contribution in [3.05, 3.63) is 63.9 Å². The maximum Gasteiger partial charge on any atom is 0.0584 e. The van der Waals surface area contributed by atoms with Crippen molar-refractivity contribution in [1.82, 2.24) is 4.98 Å². The number of halogens is 1. The molecule has 2 nitrogen and oxygen atoms in total. The van der Waals surface area contributed by atoms with Gasteiger partial charge in [0.1, 0.15) is 0 Å². The lowest BCUT2D eigenvalue weighted by atomic mass is 10.0. The third-order valence-electron chi connectivity index (χ3n) is 3.08. The number of aliphatic hydroxyl groups excluding tert-OH is 1. The fourth-order valence-electron chi connectivity index (χ4n) is 2.14. The van der Waals surface area contributed by atoms with E-state index in [-0.39, 0.29) is 6.10 Å². The maximum absolute atomic E-state index is 10.1. The van der Waals surface area contributed by atoms with Gasteiger partial charge in [0.15, 0.2) is 0 Å². The second-order valence-corrected chi connectivity index (χ2v) is 5.81. The first-order valence-electron chi connectivity index (χ1n) is 6.46. The number of aryl methyl sites for hydroxylation is 2. The Hall–Kier alpha value is -1.19. The predicted molar refractivity (Wildman–Crippen MR) is 81.1 cm³/mol. The molecule has 1 unspecified atom stereocenters. The summed E-state index contributed by atoms with van der Waals surface area (Å²) in [6.45, 7) is 2.09. The Bertz CT molecular complexity index is 542. The summed E-state index contributed by atoms with van der Waals surface area (Å²) >= 11 is 3.39. The normalized spacial score (nSPS) is 12.4. The first-order chi connectivity index (χ1) is 9.13. The lowest BCUT2D eigenvalue weighted by molar-refractivity contribution is 0.165. The van der Waals surface area contributed by atoms with Crippen LogP contribution < -0.4 is 0 Å². The van der Waals surface area contributed by atoms with Gasteiger partial charge in [-0.3, -0.25) is 4.98 Å². The van der Waals surface area contributed by atoms with Crippen LogP contribution in [0.1, 0.15) is 23.1 Å². The predicted octanol–water partition coefficient (Wildman–Crippen LogP) is 3.69. The van der Waals surface area contributed by atoms with Crippen LogP contribution in [-0.2, 0) is 12.8 Å². The van der Waals surface area contributed by atoms with Crippen molar-refractivity contribution in [1.29, 1.82) is 0 Å². The fraction of sp³-hybridized carbons (Fsp3) is 0.312. The van der Waals surface area contributed by atoms with Crippen LogP contribution in [0.4, 0.5) is 0 Å². The Morgan fingerprint density at radius 1 is 1.21 bits per heavy atom. The van der Waals surface area contributed by atoms with Crippen molar-refractivity contribution in [3.63, 3.8) is 0 Å². The molecular formula is C16H18BrNO. The van der Waals surface area contributed by atoms with Crippen LogP contribution >= 0.6 is 15.9 Å². The number of nitrogens with zero attached hydrogens (tertiary/aromatic N) is 1. The van der Waals surface area contributed by atoms with Gasteiger partial charge in [-0.25, -0.2) is 0 Å². The molecule has 0 amide bonds. The zero-order valence-corrected chi connectivity index (χ0v) is 12.6. The van der Waals surface area contributed by atoms with E-state index in [4.69, 9.17) is 0 Å². The molecule has 1 heterocycles. The van der Waals surface area contributed by atoms with Gasteiger partial charge in [-0.15, -0.1) is 0 Å². The van der Waals surface area contributed by atoms with Crippen molar-refractivity contribution in [3.8, 4) is 0 Å². The number of rotatable bonds is 5. The van der Waals surface area contributed by atoms with Gasteiger partial charge in [-0.05, 0) is 59.3 Å². The number of hydrogen-bond acceptors (Lipinski definition) is 2. The zero-order valence-electron chi connectivity index (χ0n) is 11.0. The molecule has 2 rings (SSSR count). The first kappa shape index (κ1) is 14.2. The summed E-state index contributed by atoms with van der Waals surface area (Å²) in [5, 5.41) is 10.1. The highest BCUT2D eigenvalue weighted by Gasteiger charge is 2.07. The molecule has 1 aromatic carbocycles. The Balaban J connectivity index is 1.86. The maximum atomic E-state index is 10.1.